The second kappa shape index (κ2) is 15.5. The second-order valence-electron chi connectivity index (χ2n) is 12.4. The van der Waals surface area contributed by atoms with E-state index in [0.717, 1.165) is 35.6 Å². The van der Waals surface area contributed by atoms with Gasteiger partial charge >= 0.3 is 0 Å². The first-order chi connectivity index (χ1) is 24.0. The van der Waals surface area contributed by atoms with Crippen LogP contribution >= 0.6 is 0 Å². The molecule has 249 valence electrons. The third-order valence-electron chi connectivity index (χ3n) is 8.71. The zero-order chi connectivity index (χ0) is 33.6. The molecule has 2 aromatic heterocycles. The number of nitrogens with zero attached hydrogens (tertiary/aromatic N) is 5. The molecule has 0 atom stereocenters. The molecule has 0 amide bonds. The van der Waals surface area contributed by atoms with Gasteiger partial charge in [-0.05, 0) is 64.1 Å². The third-order valence-corrected chi connectivity index (χ3v) is 8.71. The summed E-state index contributed by atoms with van der Waals surface area (Å²) in [5.74, 6) is 1.93. The van der Waals surface area contributed by atoms with Crippen LogP contribution in [0.3, 0.4) is 0 Å². The van der Waals surface area contributed by atoms with E-state index in [0.29, 0.717) is 11.6 Å². The molecular formula is C43H36IrN5O-. The van der Waals surface area contributed by atoms with E-state index in [9.17, 15) is 0 Å². The molecule has 0 spiro atoms. The molecule has 1 aliphatic carbocycles. The van der Waals surface area contributed by atoms with E-state index in [1.165, 1.54) is 38.9 Å². The largest absolute Gasteiger partial charge is 0.494 e. The van der Waals surface area contributed by atoms with E-state index in [-0.39, 0.29) is 25.5 Å². The van der Waals surface area contributed by atoms with E-state index >= 15 is 0 Å². The third kappa shape index (κ3) is 7.02. The summed E-state index contributed by atoms with van der Waals surface area (Å²) >= 11 is 0. The van der Waals surface area contributed by atoms with Crippen molar-refractivity contribution in [2.75, 3.05) is 6.61 Å². The Bertz CT molecular complexity index is 2100. The molecule has 8 rings (SSSR count). The summed E-state index contributed by atoms with van der Waals surface area (Å²) in [6.45, 7) is 7.55. The van der Waals surface area contributed by atoms with E-state index in [1.54, 1.807) is 0 Å². The van der Waals surface area contributed by atoms with Gasteiger partial charge in [-0.25, -0.2) is 0 Å². The van der Waals surface area contributed by atoms with Gasteiger partial charge < -0.3 is 4.74 Å². The Morgan fingerprint density at radius 3 is 1.84 bits per heavy atom. The van der Waals surface area contributed by atoms with Crippen molar-refractivity contribution in [2.24, 2.45) is 0 Å². The maximum atomic E-state index is 5.79. The van der Waals surface area contributed by atoms with E-state index in [4.69, 9.17) is 4.74 Å². The molecule has 0 saturated carbocycles. The molecule has 5 aromatic carbocycles. The van der Waals surface area contributed by atoms with Crippen LogP contribution < -0.4 is 4.74 Å². The van der Waals surface area contributed by atoms with Crippen molar-refractivity contribution < 1.29 is 24.8 Å². The first kappa shape index (κ1) is 34.5. The van der Waals surface area contributed by atoms with Crippen molar-refractivity contribution in [3.05, 3.63) is 157 Å². The SMILES string of the molecule is CCCOc1ccc(-c2cccc3c2C(C)(C)c2c(-c4ccccn4)cccc2-3)cc1.[Ir].[c-]1ccccc1-c1nnc(-c2ccccc2)nn1. The standard InChI is InChI=1S/C29H27NO.C14H9N4.Ir/c1-4-19-31-21-16-14-20(15-17-21)22-9-7-10-23-24-11-8-12-25(26-13-5-6-18-30-26)28(24)29(2,3)27(22)23;1-3-7-11(8-4-1)13-15-17-14(18-16-13)12-9-5-2-6-10-12;/h5-18H,4,19H2,1-3H3;1-9H;/q;-1;. The van der Waals surface area contributed by atoms with Gasteiger partial charge in [0.25, 0.3) is 0 Å². The Kier molecular flexibility index (Phi) is 10.7. The maximum Gasteiger partial charge on any atom is 0.201 e. The summed E-state index contributed by atoms with van der Waals surface area (Å²) in [4.78, 5) is 4.66. The molecule has 7 aromatic rings. The molecule has 50 heavy (non-hydrogen) atoms. The Morgan fingerprint density at radius 2 is 1.20 bits per heavy atom. The summed E-state index contributed by atoms with van der Waals surface area (Å²) in [7, 11) is 0. The van der Waals surface area contributed by atoms with Gasteiger partial charge in [0.1, 0.15) is 11.6 Å². The van der Waals surface area contributed by atoms with Gasteiger partial charge in [-0.3, -0.25) is 4.98 Å². The maximum absolute atomic E-state index is 5.79. The van der Waals surface area contributed by atoms with Gasteiger partial charge in [-0.1, -0.05) is 106 Å². The molecular weight excluding hydrogens is 795 g/mol. The van der Waals surface area contributed by atoms with Crippen LogP contribution in [0.25, 0.3) is 56.3 Å². The van der Waals surface area contributed by atoms with Crippen LogP contribution in [0.1, 0.15) is 38.3 Å². The van der Waals surface area contributed by atoms with Crippen molar-refractivity contribution in [3.8, 4) is 62.0 Å². The number of fused-ring (bicyclic) bond motifs is 3. The molecule has 0 saturated heterocycles. The molecule has 1 aliphatic rings. The van der Waals surface area contributed by atoms with Crippen molar-refractivity contribution in [1.82, 2.24) is 25.4 Å². The van der Waals surface area contributed by atoms with E-state index in [1.807, 2.05) is 66.9 Å². The van der Waals surface area contributed by atoms with Crippen molar-refractivity contribution in [3.63, 3.8) is 0 Å². The Morgan fingerprint density at radius 1 is 0.580 bits per heavy atom. The van der Waals surface area contributed by atoms with Crippen LogP contribution in [-0.2, 0) is 25.5 Å². The minimum absolute atomic E-state index is 0. The number of hydrogen-bond acceptors (Lipinski definition) is 6. The van der Waals surface area contributed by atoms with Crippen molar-refractivity contribution in [1.29, 1.82) is 0 Å². The topological polar surface area (TPSA) is 73.7 Å². The van der Waals surface area contributed by atoms with Gasteiger partial charge in [-0.15, -0.1) is 46.1 Å². The Balaban J connectivity index is 0.000000194. The van der Waals surface area contributed by atoms with Crippen molar-refractivity contribution in [2.45, 2.75) is 32.6 Å². The molecule has 2 heterocycles. The number of hydrogen-bond donors (Lipinski definition) is 0. The minimum atomic E-state index is -0.132. The fraction of sp³-hybridized carbons (Fsp3) is 0.140. The number of rotatable bonds is 7. The van der Waals surface area contributed by atoms with Crippen LogP contribution in [0.5, 0.6) is 5.75 Å². The molecule has 0 aliphatic heterocycles. The minimum Gasteiger partial charge on any atom is -0.494 e. The monoisotopic (exact) mass is 831 g/mol. The molecule has 0 fully saturated rings. The van der Waals surface area contributed by atoms with Gasteiger partial charge in [0.15, 0.2) is 0 Å². The van der Waals surface area contributed by atoms with Crippen LogP contribution in [0, 0.1) is 6.07 Å². The summed E-state index contributed by atoms with van der Waals surface area (Å²) < 4.78 is 5.79. The van der Waals surface area contributed by atoms with Gasteiger partial charge in [0.05, 0.1) is 12.3 Å². The summed E-state index contributed by atoms with van der Waals surface area (Å²) in [6, 6.07) is 48.1. The first-order valence-corrected chi connectivity index (χ1v) is 16.6. The second-order valence-corrected chi connectivity index (χ2v) is 12.4. The Labute approximate surface area is 307 Å². The normalized spacial score (nSPS) is 12.1. The predicted octanol–water partition coefficient (Wildman–Crippen LogP) is 9.91. The van der Waals surface area contributed by atoms with E-state index in [2.05, 4.69) is 125 Å². The van der Waals surface area contributed by atoms with Gasteiger partial charge in [0.2, 0.25) is 5.82 Å². The Hall–Kier alpha value is -5.36. The van der Waals surface area contributed by atoms with Crippen molar-refractivity contribution >= 4 is 0 Å². The average molecular weight is 831 g/mol. The average Bonchev–Trinajstić information content (AvgIpc) is 3.42. The first-order valence-electron chi connectivity index (χ1n) is 16.6. The number of benzene rings is 5. The van der Waals surface area contributed by atoms with Crippen LogP contribution in [0.2, 0.25) is 0 Å². The number of aromatic nitrogens is 5. The molecule has 7 heteroatoms. The fourth-order valence-corrected chi connectivity index (χ4v) is 6.52. The fourth-order valence-electron chi connectivity index (χ4n) is 6.52. The number of ether oxygens (including phenoxy) is 1. The van der Waals surface area contributed by atoms with Crippen LogP contribution in [-0.4, -0.2) is 32.0 Å². The van der Waals surface area contributed by atoms with Crippen LogP contribution in [0.4, 0.5) is 0 Å². The summed E-state index contributed by atoms with van der Waals surface area (Å²) in [6.07, 6.45) is 2.89. The van der Waals surface area contributed by atoms with Gasteiger partial charge in [-0.2, -0.15) is 10.2 Å². The molecule has 0 bridgehead atoms. The van der Waals surface area contributed by atoms with E-state index < -0.39 is 0 Å². The number of pyridine rings is 1. The molecule has 6 nitrogen and oxygen atoms in total. The summed E-state index contributed by atoms with van der Waals surface area (Å²) in [5, 5.41) is 16.3. The predicted molar refractivity (Wildman–Crippen MR) is 196 cm³/mol. The zero-order valence-electron chi connectivity index (χ0n) is 28.2. The quantitative estimate of drug-likeness (QED) is 0.149. The molecule has 0 N–H and O–H groups in total. The molecule has 1 radical (unpaired) electrons. The summed E-state index contributed by atoms with van der Waals surface area (Å²) in [5.41, 5.74) is 11.7. The van der Waals surface area contributed by atoms with Crippen LogP contribution in [0.15, 0.2) is 140 Å². The molecule has 0 unspecified atom stereocenters. The van der Waals surface area contributed by atoms with Gasteiger partial charge in [0, 0.05) is 42.8 Å². The zero-order valence-corrected chi connectivity index (χ0v) is 30.6. The smallest absolute Gasteiger partial charge is 0.201 e.